The molecule has 1 fully saturated rings. The van der Waals surface area contributed by atoms with E-state index in [2.05, 4.69) is 4.98 Å². The maximum atomic E-state index is 11.9. The first-order chi connectivity index (χ1) is 10.3. The fourth-order valence-corrected chi connectivity index (χ4v) is 2.88. The first-order valence-corrected chi connectivity index (χ1v) is 7.36. The maximum Gasteiger partial charge on any atom is 0.223 e. The van der Waals surface area contributed by atoms with Gasteiger partial charge in [0.1, 0.15) is 6.29 Å². The number of rotatable bonds is 4. The topological polar surface area (TPSA) is 50.3 Å². The van der Waals surface area contributed by atoms with Gasteiger partial charge in [-0.2, -0.15) is 0 Å². The lowest BCUT2D eigenvalue weighted by Crippen LogP contribution is -2.45. The molecule has 1 aliphatic heterocycles. The summed E-state index contributed by atoms with van der Waals surface area (Å²) in [6.07, 6.45) is 5.68. The highest BCUT2D eigenvalue weighted by Gasteiger charge is 2.25. The fraction of sp³-hybridized carbons (Fsp3) is 0.353. The molecular weight excluding hydrogens is 264 g/mol. The average Bonchev–Trinajstić information content (AvgIpc) is 2.53. The van der Waals surface area contributed by atoms with Gasteiger partial charge in [0.15, 0.2) is 0 Å². The number of aromatic nitrogens is 1. The number of hydrogen-bond acceptors (Lipinski definition) is 3. The highest BCUT2D eigenvalue weighted by Crippen LogP contribution is 2.18. The molecule has 21 heavy (non-hydrogen) atoms. The first-order valence-electron chi connectivity index (χ1n) is 7.36. The van der Waals surface area contributed by atoms with Crippen molar-refractivity contribution in [3.8, 4) is 0 Å². The van der Waals surface area contributed by atoms with E-state index in [1.165, 1.54) is 0 Å². The average molecular weight is 282 g/mol. The van der Waals surface area contributed by atoms with Gasteiger partial charge in [0.2, 0.25) is 5.91 Å². The van der Waals surface area contributed by atoms with Crippen molar-refractivity contribution in [2.75, 3.05) is 6.54 Å². The molecule has 1 aliphatic rings. The Hall–Kier alpha value is -2.23. The highest BCUT2D eigenvalue weighted by molar-refractivity contribution is 5.81. The SMILES string of the molecule is O=C[C@@H](Cc1cnc2ccccc2c1)N1CCCCC1=O. The summed E-state index contributed by atoms with van der Waals surface area (Å²) in [5.41, 5.74) is 1.93. The van der Waals surface area contributed by atoms with Crippen LogP contribution in [-0.4, -0.2) is 34.7 Å². The molecule has 0 bridgehead atoms. The van der Waals surface area contributed by atoms with Crippen molar-refractivity contribution in [1.82, 2.24) is 9.88 Å². The summed E-state index contributed by atoms with van der Waals surface area (Å²) in [7, 11) is 0. The van der Waals surface area contributed by atoms with Gasteiger partial charge in [-0.15, -0.1) is 0 Å². The standard InChI is InChI=1S/C17H18N2O2/c20-12-15(19-8-4-3-7-17(19)21)10-13-9-14-5-1-2-6-16(14)18-11-13/h1-2,5-6,9,11-12,15H,3-4,7-8,10H2/t15-/m1/s1. The number of piperidine rings is 1. The van der Waals surface area contributed by atoms with E-state index >= 15 is 0 Å². The summed E-state index contributed by atoms with van der Waals surface area (Å²) in [5, 5.41) is 1.06. The summed E-state index contributed by atoms with van der Waals surface area (Å²) >= 11 is 0. The number of amides is 1. The van der Waals surface area contributed by atoms with Crippen LogP contribution >= 0.6 is 0 Å². The van der Waals surface area contributed by atoms with Crippen LogP contribution in [0.5, 0.6) is 0 Å². The molecule has 0 radical (unpaired) electrons. The third-order valence-electron chi connectivity index (χ3n) is 4.01. The molecule has 1 saturated heterocycles. The number of likely N-dealkylation sites (tertiary alicyclic amines) is 1. The Morgan fingerprint density at radius 2 is 2.14 bits per heavy atom. The molecule has 1 aromatic heterocycles. The number of aldehydes is 1. The zero-order valence-electron chi connectivity index (χ0n) is 11.9. The molecule has 0 spiro atoms. The predicted octanol–water partition coefficient (Wildman–Crippen LogP) is 2.36. The van der Waals surface area contributed by atoms with Crippen LogP contribution in [-0.2, 0) is 16.0 Å². The predicted molar refractivity (Wildman–Crippen MR) is 80.9 cm³/mol. The lowest BCUT2D eigenvalue weighted by Gasteiger charge is -2.31. The van der Waals surface area contributed by atoms with Gasteiger partial charge >= 0.3 is 0 Å². The minimum Gasteiger partial charge on any atom is -0.333 e. The Balaban J connectivity index is 1.81. The molecule has 4 heteroatoms. The van der Waals surface area contributed by atoms with Crippen molar-refractivity contribution in [3.63, 3.8) is 0 Å². The summed E-state index contributed by atoms with van der Waals surface area (Å²) in [5.74, 6) is 0.0899. The van der Waals surface area contributed by atoms with Crippen molar-refractivity contribution >= 4 is 23.1 Å². The van der Waals surface area contributed by atoms with E-state index in [9.17, 15) is 9.59 Å². The normalized spacial score (nSPS) is 17.0. The van der Waals surface area contributed by atoms with Crippen LogP contribution in [0.1, 0.15) is 24.8 Å². The molecule has 1 aromatic carbocycles. The second-order valence-electron chi connectivity index (χ2n) is 5.49. The lowest BCUT2D eigenvalue weighted by atomic mass is 10.0. The Labute approximate surface area is 123 Å². The highest BCUT2D eigenvalue weighted by atomic mass is 16.2. The molecule has 3 rings (SSSR count). The van der Waals surface area contributed by atoms with E-state index in [1.54, 1.807) is 11.1 Å². The summed E-state index contributed by atoms with van der Waals surface area (Å²) < 4.78 is 0. The lowest BCUT2D eigenvalue weighted by molar-refractivity contribution is -0.138. The van der Waals surface area contributed by atoms with Gasteiger partial charge in [0, 0.05) is 31.0 Å². The molecule has 0 aliphatic carbocycles. The Morgan fingerprint density at radius 1 is 1.29 bits per heavy atom. The molecule has 2 heterocycles. The van der Waals surface area contributed by atoms with Gasteiger partial charge in [-0.1, -0.05) is 18.2 Å². The molecule has 2 aromatic rings. The van der Waals surface area contributed by atoms with Crippen molar-refractivity contribution < 1.29 is 9.59 Å². The second kappa shape index (κ2) is 6.04. The van der Waals surface area contributed by atoms with Crippen molar-refractivity contribution in [2.24, 2.45) is 0 Å². The zero-order valence-corrected chi connectivity index (χ0v) is 11.9. The second-order valence-corrected chi connectivity index (χ2v) is 5.49. The van der Waals surface area contributed by atoms with E-state index in [4.69, 9.17) is 0 Å². The van der Waals surface area contributed by atoms with E-state index in [1.807, 2.05) is 30.3 Å². The van der Waals surface area contributed by atoms with Crippen LogP contribution in [0, 0.1) is 0 Å². The van der Waals surface area contributed by atoms with Crippen molar-refractivity contribution in [1.29, 1.82) is 0 Å². The van der Waals surface area contributed by atoms with Gasteiger partial charge in [-0.05, 0) is 30.5 Å². The number of carbonyl (C=O) groups excluding carboxylic acids is 2. The number of nitrogens with zero attached hydrogens (tertiary/aromatic N) is 2. The Bertz CT molecular complexity index is 669. The van der Waals surface area contributed by atoms with Crippen molar-refractivity contribution in [3.05, 3.63) is 42.1 Å². The number of para-hydroxylation sites is 1. The van der Waals surface area contributed by atoms with E-state index in [-0.39, 0.29) is 11.9 Å². The Kier molecular flexibility index (Phi) is 3.95. The number of hydrogen-bond donors (Lipinski definition) is 0. The van der Waals surface area contributed by atoms with Crippen LogP contribution in [0.4, 0.5) is 0 Å². The molecule has 4 nitrogen and oxygen atoms in total. The smallest absolute Gasteiger partial charge is 0.223 e. The minimum atomic E-state index is -0.374. The molecule has 1 atom stereocenters. The summed E-state index contributed by atoms with van der Waals surface area (Å²) in [6, 6.07) is 9.57. The largest absolute Gasteiger partial charge is 0.333 e. The molecule has 108 valence electrons. The van der Waals surface area contributed by atoms with Gasteiger partial charge in [-0.25, -0.2) is 0 Å². The minimum absolute atomic E-state index is 0.0899. The quantitative estimate of drug-likeness (QED) is 0.809. The van der Waals surface area contributed by atoms with Crippen LogP contribution < -0.4 is 0 Å². The number of benzene rings is 1. The maximum absolute atomic E-state index is 11.9. The summed E-state index contributed by atoms with van der Waals surface area (Å²) in [6.45, 7) is 0.684. The van der Waals surface area contributed by atoms with Gasteiger partial charge in [-0.3, -0.25) is 9.78 Å². The number of fused-ring (bicyclic) bond motifs is 1. The van der Waals surface area contributed by atoms with Gasteiger partial charge in [0.05, 0.1) is 11.6 Å². The van der Waals surface area contributed by atoms with Gasteiger partial charge < -0.3 is 9.69 Å². The van der Waals surface area contributed by atoms with Gasteiger partial charge in [0.25, 0.3) is 0 Å². The van der Waals surface area contributed by atoms with Crippen LogP contribution in [0.3, 0.4) is 0 Å². The van der Waals surface area contributed by atoms with Crippen LogP contribution in [0.25, 0.3) is 10.9 Å². The van der Waals surface area contributed by atoms with E-state index < -0.39 is 0 Å². The third kappa shape index (κ3) is 2.94. The Morgan fingerprint density at radius 3 is 2.95 bits per heavy atom. The first kappa shape index (κ1) is 13.7. The van der Waals surface area contributed by atoms with Crippen LogP contribution in [0.2, 0.25) is 0 Å². The summed E-state index contributed by atoms with van der Waals surface area (Å²) in [4.78, 5) is 29.5. The number of carbonyl (C=O) groups is 2. The molecule has 0 N–H and O–H groups in total. The monoisotopic (exact) mass is 282 g/mol. The van der Waals surface area contributed by atoms with Crippen molar-refractivity contribution in [2.45, 2.75) is 31.7 Å². The molecule has 0 unspecified atom stereocenters. The van der Waals surface area contributed by atoms with Crippen LogP contribution in [0.15, 0.2) is 36.5 Å². The fourth-order valence-electron chi connectivity index (χ4n) is 2.88. The number of pyridine rings is 1. The van der Waals surface area contributed by atoms with E-state index in [0.29, 0.717) is 19.4 Å². The molecule has 1 amide bonds. The van der Waals surface area contributed by atoms with E-state index in [0.717, 1.165) is 35.6 Å². The third-order valence-corrected chi connectivity index (χ3v) is 4.01. The zero-order chi connectivity index (χ0) is 14.7. The molecular formula is C17H18N2O2. The molecule has 0 saturated carbocycles.